The Morgan fingerprint density at radius 1 is 1.00 bits per heavy atom. The Kier molecular flexibility index (Phi) is 5.88. The minimum atomic E-state index is -0.730. The van der Waals surface area contributed by atoms with Crippen LogP contribution >= 0.6 is 0 Å². The van der Waals surface area contributed by atoms with Gasteiger partial charge >= 0.3 is 5.97 Å². The van der Waals surface area contributed by atoms with Gasteiger partial charge in [0.15, 0.2) is 6.61 Å². The number of anilines is 3. The Morgan fingerprint density at radius 3 is 2.21 bits per heavy atom. The normalized spacial score (nSPS) is 29.2. The number of rotatable bonds is 7. The molecule has 180 valence electrons. The first-order chi connectivity index (χ1) is 16.3. The zero-order chi connectivity index (χ0) is 23.9. The van der Waals surface area contributed by atoms with Gasteiger partial charge in [0.2, 0.25) is 0 Å². The number of hydrogen-bond donors (Lipinski definition) is 2. The first kappa shape index (κ1) is 22.9. The van der Waals surface area contributed by atoms with Crippen molar-refractivity contribution in [1.82, 2.24) is 0 Å². The van der Waals surface area contributed by atoms with Gasteiger partial charge in [0.1, 0.15) is 0 Å². The lowest BCUT2D eigenvalue weighted by Crippen LogP contribution is -2.58. The standard InChI is InChI=1S/C28H34N2O4/c1-19(2)30(24-10-8-23(9-11-24)29-22-6-4-3-5-7-22)25(31)17-34-26(32)27-13-20-12-21(14-27)16-28(33,15-20)18-27/h3-11,19-21,29,33H,12-18H2,1-2H3. The molecule has 2 N–H and O–H groups in total. The van der Waals surface area contributed by atoms with Crippen LogP contribution in [0.2, 0.25) is 0 Å². The SMILES string of the molecule is CC(C)N(C(=O)COC(=O)C12CC3CC(CC(O)(C3)C1)C2)c1ccc(Nc2ccccc2)cc1. The minimum absolute atomic E-state index is 0.0839. The zero-order valence-electron chi connectivity index (χ0n) is 20.0. The molecule has 4 fully saturated rings. The Labute approximate surface area is 201 Å². The summed E-state index contributed by atoms with van der Waals surface area (Å²) >= 11 is 0. The third kappa shape index (κ3) is 4.43. The van der Waals surface area contributed by atoms with E-state index in [1.54, 1.807) is 4.90 Å². The quantitative estimate of drug-likeness (QED) is 0.563. The molecule has 0 heterocycles. The third-order valence-electron chi connectivity index (χ3n) is 7.78. The Morgan fingerprint density at radius 2 is 1.62 bits per heavy atom. The molecular weight excluding hydrogens is 428 g/mol. The molecule has 0 aromatic heterocycles. The van der Waals surface area contributed by atoms with Crippen LogP contribution in [0.4, 0.5) is 17.1 Å². The molecule has 4 aliphatic carbocycles. The van der Waals surface area contributed by atoms with Crippen LogP contribution < -0.4 is 10.2 Å². The summed E-state index contributed by atoms with van der Waals surface area (Å²) in [6.45, 7) is 3.62. The zero-order valence-corrected chi connectivity index (χ0v) is 20.0. The minimum Gasteiger partial charge on any atom is -0.455 e. The molecule has 34 heavy (non-hydrogen) atoms. The van der Waals surface area contributed by atoms with Crippen molar-refractivity contribution in [3.8, 4) is 0 Å². The van der Waals surface area contributed by atoms with Crippen LogP contribution in [0.5, 0.6) is 0 Å². The van der Waals surface area contributed by atoms with Crippen LogP contribution in [0.15, 0.2) is 54.6 Å². The highest BCUT2D eigenvalue weighted by Crippen LogP contribution is 2.62. The fourth-order valence-corrected chi connectivity index (χ4v) is 6.93. The summed E-state index contributed by atoms with van der Waals surface area (Å²) < 4.78 is 5.64. The van der Waals surface area contributed by atoms with E-state index in [4.69, 9.17) is 4.74 Å². The lowest BCUT2D eigenvalue weighted by molar-refractivity contribution is -0.196. The number of carbonyl (C=O) groups is 2. The Bertz CT molecular complexity index is 1040. The maximum atomic E-state index is 13.2. The van der Waals surface area contributed by atoms with Gasteiger partial charge in [0.05, 0.1) is 11.0 Å². The summed E-state index contributed by atoms with van der Waals surface area (Å²) in [5, 5.41) is 14.3. The third-order valence-corrected chi connectivity index (χ3v) is 7.78. The predicted octanol–water partition coefficient (Wildman–Crippen LogP) is 5.05. The molecule has 0 saturated heterocycles. The number of hydrogen-bond acceptors (Lipinski definition) is 5. The summed E-state index contributed by atoms with van der Waals surface area (Å²) in [4.78, 5) is 28.0. The fraction of sp³-hybridized carbons (Fsp3) is 0.500. The fourth-order valence-electron chi connectivity index (χ4n) is 6.93. The average molecular weight is 463 g/mol. The van der Waals surface area contributed by atoms with Crippen LogP contribution in [0.1, 0.15) is 52.4 Å². The molecule has 2 aromatic rings. The summed E-state index contributed by atoms with van der Waals surface area (Å²) in [7, 11) is 0. The second-order valence-electron chi connectivity index (χ2n) is 10.9. The van der Waals surface area contributed by atoms with Crippen molar-refractivity contribution in [1.29, 1.82) is 0 Å². The second kappa shape index (κ2) is 8.73. The predicted molar refractivity (Wildman–Crippen MR) is 132 cm³/mol. The number of benzene rings is 2. The highest BCUT2D eigenvalue weighted by atomic mass is 16.5. The molecule has 2 unspecified atom stereocenters. The van der Waals surface area contributed by atoms with Crippen molar-refractivity contribution in [2.75, 3.05) is 16.8 Å². The monoisotopic (exact) mass is 462 g/mol. The second-order valence-corrected chi connectivity index (χ2v) is 10.9. The van der Waals surface area contributed by atoms with Crippen LogP contribution in [0, 0.1) is 17.3 Å². The van der Waals surface area contributed by atoms with Gasteiger partial charge in [-0.1, -0.05) is 18.2 Å². The molecule has 6 rings (SSSR count). The average Bonchev–Trinajstić information content (AvgIpc) is 2.77. The van der Waals surface area contributed by atoms with Crippen LogP contribution in [0.3, 0.4) is 0 Å². The number of esters is 1. The van der Waals surface area contributed by atoms with Gasteiger partial charge in [0, 0.05) is 23.1 Å². The van der Waals surface area contributed by atoms with E-state index >= 15 is 0 Å². The molecule has 0 radical (unpaired) electrons. The van der Waals surface area contributed by atoms with Gasteiger partial charge in [-0.2, -0.15) is 0 Å². The van der Waals surface area contributed by atoms with Crippen LogP contribution in [0.25, 0.3) is 0 Å². The van der Waals surface area contributed by atoms with Crippen LogP contribution in [-0.4, -0.2) is 35.2 Å². The number of nitrogens with zero attached hydrogens (tertiary/aromatic N) is 1. The van der Waals surface area contributed by atoms with E-state index in [1.165, 1.54) is 0 Å². The van der Waals surface area contributed by atoms with E-state index in [0.29, 0.717) is 18.3 Å². The highest BCUT2D eigenvalue weighted by Gasteiger charge is 2.61. The van der Waals surface area contributed by atoms with E-state index < -0.39 is 11.0 Å². The van der Waals surface area contributed by atoms with E-state index in [-0.39, 0.29) is 24.5 Å². The topological polar surface area (TPSA) is 78.9 Å². The summed E-state index contributed by atoms with van der Waals surface area (Å²) in [6, 6.07) is 17.5. The molecule has 2 aromatic carbocycles. The van der Waals surface area contributed by atoms with Gasteiger partial charge in [-0.15, -0.1) is 0 Å². The molecule has 0 spiro atoms. The molecule has 0 aliphatic heterocycles. The lowest BCUT2D eigenvalue weighted by atomic mass is 9.48. The molecular formula is C28H34N2O4. The first-order valence-corrected chi connectivity index (χ1v) is 12.4. The summed E-state index contributed by atoms with van der Waals surface area (Å²) in [6.07, 6.45) is 4.74. The number of ether oxygens (including phenoxy) is 1. The van der Waals surface area contributed by atoms with Crippen molar-refractivity contribution in [2.45, 2.75) is 64.0 Å². The maximum absolute atomic E-state index is 13.2. The van der Waals surface area contributed by atoms with E-state index in [2.05, 4.69) is 5.32 Å². The molecule has 4 bridgehead atoms. The highest BCUT2D eigenvalue weighted by molar-refractivity contribution is 5.96. The van der Waals surface area contributed by atoms with Gasteiger partial charge in [0.25, 0.3) is 5.91 Å². The van der Waals surface area contributed by atoms with Crippen molar-refractivity contribution in [3.05, 3.63) is 54.6 Å². The van der Waals surface area contributed by atoms with Crippen molar-refractivity contribution in [2.24, 2.45) is 17.3 Å². The van der Waals surface area contributed by atoms with Crippen molar-refractivity contribution < 1.29 is 19.4 Å². The number of aliphatic hydroxyl groups is 1. The Hall–Kier alpha value is -2.86. The first-order valence-electron chi connectivity index (χ1n) is 12.4. The van der Waals surface area contributed by atoms with Gasteiger partial charge in [-0.3, -0.25) is 9.59 Å². The number of nitrogens with one attached hydrogen (secondary N) is 1. The molecule has 6 heteroatoms. The Balaban J connectivity index is 1.23. The lowest BCUT2D eigenvalue weighted by Gasteiger charge is -2.58. The molecule has 2 atom stereocenters. The molecule has 4 aliphatic rings. The molecule has 6 nitrogen and oxygen atoms in total. The van der Waals surface area contributed by atoms with Crippen molar-refractivity contribution in [3.63, 3.8) is 0 Å². The van der Waals surface area contributed by atoms with E-state index in [1.807, 2.05) is 68.4 Å². The van der Waals surface area contributed by atoms with Gasteiger partial charge < -0.3 is 20.1 Å². The largest absolute Gasteiger partial charge is 0.455 e. The van der Waals surface area contributed by atoms with Gasteiger partial charge in [-0.05, 0) is 101 Å². The number of para-hydroxylation sites is 1. The van der Waals surface area contributed by atoms with Crippen LogP contribution in [-0.2, 0) is 14.3 Å². The maximum Gasteiger partial charge on any atom is 0.312 e. The summed E-state index contributed by atoms with van der Waals surface area (Å²) in [5.74, 6) is 0.240. The van der Waals surface area contributed by atoms with E-state index in [0.717, 1.165) is 49.2 Å². The summed E-state index contributed by atoms with van der Waals surface area (Å²) in [5.41, 5.74) is 1.34. The van der Waals surface area contributed by atoms with Gasteiger partial charge in [-0.25, -0.2) is 0 Å². The number of amides is 1. The van der Waals surface area contributed by atoms with E-state index in [9.17, 15) is 14.7 Å². The smallest absolute Gasteiger partial charge is 0.312 e. The van der Waals surface area contributed by atoms with Crippen molar-refractivity contribution >= 4 is 28.9 Å². The molecule has 1 amide bonds. The number of carbonyl (C=O) groups excluding carboxylic acids is 2. The molecule has 4 saturated carbocycles.